The second-order valence-corrected chi connectivity index (χ2v) is 5.71. The van der Waals surface area contributed by atoms with Crippen LogP contribution in [0.3, 0.4) is 0 Å². The average molecular weight is 285 g/mol. The summed E-state index contributed by atoms with van der Waals surface area (Å²) in [6.07, 6.45) is 0.877. The van der Waals surface area contributed by atoms with E-state index < -0.39 is 0 Å². The van der Waals surface area contributed by atoms with Gasteiger partial charge in [-0.25, -0.2) is 0 Å². The van der Waals surface area contributed by atoms with Crippen LogP contribution in [0.5, 0.6) is 0 Å². The molecule has 0 aliphatic carbocycles. The van der Waals surface area contributed by atoms with Crippen LogP contribution in [0, 0.1) is 0 Å². The van der Waals surface area contributed by atoms with Gasteiger partial charge in [-0.15, -0.1) is 11.3 Å². The van der Waals surface area contributed by atoms with Gasteiger partial charge in [-0.3, -0.25) is 9.89 Å². The van der Waals surface area contributed by atoms with Crippen molar-refractivity contribution in [3.05, 3.63) is 52.3 Å². The number of thiophene rings is 1. The molecule has 0 aliphatic heterocycles. The highest BCUT2D eigenvalue weighted by molar-refractivity contribution is 7.09. The number of fused-ring (bicyclic) bond motifs is 1. The third kappa shape index (κ3) is 2.44. The van der Waals surface area contributed by atoms with Crippen LogP contribution in [-0.2, 0) is 6.42 Å². The summed E-state index contributed by atoms with van der Waals surface area (Å²) in [5, 5.41) is 9.98. The average Bonchev–Trinajstić information content (AvgIpc) is 3.13. The van der Waals surface area contributed by atoms with Crippen LogP contribution in [-0.4, -0.2) is 34.6 Å². The third-order valence-corrected chi connectivity index (χ3v) is 4.23. The topological polar surface area (TPSA) is 49.0 Å². The maximum Gasteiger partial charge on any atom is 0.274 e. The van der Waals surface area contributed by atoms with Gasteiger partial charge in [0.05, 0.1) is 5.52 Å². The lowest BCUT2D eigenvalue weighted by molar-refractivity contribution is 0.0793. The molecular weight excluding hydrogens is 270 g/mol. The fourth-order valence-corrected chi connectivity index (χ4v) is 2.84. The Balaban J connectivity index is 1.74. The Morgan fingerprint density at radius 2 is 2.15 bits per heavy atom. The minimum atomic E-state index is -0.0426. The van der Waals surface area contributed by atoms with Gasteiger partial charge in [0.25, 0.3) is 5.91 Å². The molecule has 2 heterocycles. The maximum atomic E-state index is 12.4. The van der Waals surface area contributed by atoms with Crippen molar-refractivity contribution in [2.45, 2.75) is 6.42 Å². The summed E-state index contributed by atoms with van der Waals surface area (Å²) in [5.74, 6) is -0.0426. The van der Waals surface area contributed by atoms with E-state index in [1.165, 1.54) is 4.88 Å². The smallest absolute Gasteiger partial charge is 0.274 e. The molecule has 1 aromatic carbocycles. The fraction of sp³-hybridized carbons (Fsp3) is 0.200. The van der Waals surface area contributed by atoms with E-state index in [1.807, 2.05) is 37.4 Å². The van der Waals surface area contributed by atoms with E-state index in [2.05, 4.69) is 21.6 Å². The van der Waals surface area contributed by atoms with Crippen LogP contribution in [0.1, 0.15) is 15.4 Å². The first-order valence-corrected chi connectivity index (χ1v) is 7.34. The van der Waals surface area contributed by atoms with E-state index >= 15 is 0 Å². The van der Waals surface area contributed by atoms with Crippen LogP contribution in [0.15, 0.2) is 41.8 Å². The Kier molecular flexibility index (Phi) is 3.52. The van der Waals surface area contributed by atoms with E-state index in [1.54, 1.807) is 16.2 Å². The Morgan fingerprint density at radius 1 is 1.30 bits per heavy atom. The molecule has 2 aromatic heterocycles. The lowest BCUT2D eigenvalue weighted by Gasteiger charge is -2.15. The monoisotopic (exact) mass is 285 g/mol. The summed E-state index contributed by atoms with van der Waals surface area (Å²) >= 11 is 1.72. The zero-order valence-corrected chi connectivity index (χ0v) is 12.0. The molecule has 102 valence electrons. The molecule has 3 rings (SSSR count). The molecule has 0 unspecified atom stereocenters. The number of aromatic amines is 1. The van der Waals surface area contributed by atoms with Crippen molar-refractivity contribution in [3.8, 4) is 0 Å². The first kappa shape index (κ1) is 12.9. The molecule has 0 atom stereocenters. The number of hydrogen-bond donors (Lipinski definition) is 1. The molecule has 1 amide bonds. The summed E-state index contributed by atoms with van der Waals surface area (Å²) < 4.78 is 0. The van der Waals surface area contributed by atoms with Crippen molar-refractivity contribution < 1.29 is 4.79 Å². The molecule has 4 nitrogen and oxygen atoms in total. The molecule has 3 aromatic rings. The quantitative estimate of drug-likeness (QED) is 0.801. The fourth-order valence-electron chi connectivity index (χ4n) is 2.14. The van der Waals surface area contributed by atoms with Crippen molar-refractivity contribution in [3.63, 3.8) is 0 Å². The van der Waals surface area contributed by atoms with Gasteiger partial charge >= 0.3 is 0 Å². The molecule has 0 aliphatic rings. The summed E-state index contributed by atoms with van der Waals surface area (Å²) in [6.45, 7) is 0.695. The van der Waals surface area contributed by atoms with E-state index in [4.69, 9.17) is 0 Å². The molecule has 1 N–H and O–H groups in total. The highest BCUT2D eigenvalue weighted by atomic mass is 32.1. The van der Waals surface area contributed by atoms with Crippen molar-refractivity contribution in [2.75, 3.05) is 13.6 Å². The highest BCUT2D eigenvalue weighted by Gasteiger charge is 2.17. The summed E-state index contributed by atoms with van der Waals surface area (Å²) in [6, 6.07) is 11.8. The van der Waals surface area contributed by atoms with Crippen molar-refractivity contribution in [1.82, 2.24) is 15.1 Å². The minimum Gasteiger partial charge on any atom is -0.340 e. The number of amides is 1. The normalized spacial score (nSPS) is 10.8. The van der Waals surface area contributed by atoms with Crippen LogP contribution in [0.2, 0.25) is 0 Å². The van der Waals surface area contributed by atoms with Gasteiger partial charge in [0.15, 0.2) is 5.69 Å². The molecule has 0 saturated heterocycles. The van der Waals surface area contributed by atoms with Crippen molar-refractivity contribution in [1.29, 1.82) is 0 Å². The first-order valence-electron chi connectivity index (χ1n) is 6.46. The van der Waals surface area contributed by atoms with Crippen LogP contribution < -0.4 is 0 Å². The number of H-pyrrole nitrogens is 1. The molecule has 0 fully saturated rings. The Labute approximate surface area is 121 Å². The SMILES string of the molecule is CN(CCc1cccs1)C(=O)c1n[nH]c2ccccc12. The number of benzene rings is 1. The molecular formula is C15H15N3OS. The predicted octanol–water partition coefficient (Wildman–Crippen LogP) is 2.94. The number of likely N-dealkylation sites (N-methyl/N-ethyl adjacent to an activating group) is 1. The van der Waals surface area contributed by atoms with Gasteiger partial charge < -0.3 is 4.90 Å². The number of nitrogens with zero attached hydrogens (tertiary/aromatic N) is 2. The number of carbonyl (C=O) groups excluding carboxylic acids is 1. The number of aromatic nitrogens is 2. The van der Waals surface area contributed by atoms with Gasteiger partial charge in [-0.1, -0.05) is 24.3 Å². The van der Waals surface area contributed by atoms with Gasteiger partial charge in [0.1, 0.15) is 0 Å². The molecule has 0 bridgehead atoms. The van der Waals surface area contributed by atoms with E-state index in [-0.39, 0.29) is 5.91 Å². The lowest BCUT2D eigenvalue weighted by Crippen LogP contribution is -2.29. The first-order chi connectivity index (χ1) is 9.75. The van der Waals surface area contributed by atoms with E-state index in [0.29, 0.717) is 12.2 Å². The zero-order chi connectivity index (χ0) is 13.9. The number of hydrogen-bond acceptors (Lipinski definition) is 3. The Hall–Kier alpha value is -2.14. The predicted molar refractivity (Wildman–Crippen MR) is 81.1 cm³/mol. The van der Waals surface area contributed by atoms with Crippen LogP contribution >= 0.6 is 11.3 Å². The van der Waals surface area contributed by atoms with Gasteiger partial charge in [0, 0.05) is 23.9 Å². The number of carbonyl (C=O) groups is 1. The molecule has 0 radical (unpaired) electrons. The van der Waals surface area contributed by atoms with Crippen molar-refractivity contribution >= 4 is 28.1 Å². The molecule has 0 saturated carbocycles. The van der Waals surface area contributed by atoms with Gasteiger partial charge in [-0.2, -0.15) is 5.10 Å². The minimum absolute atomic E-state index is 0.0426. The van der Waals surface area contributed by atoms with Gasteiger partial charge in [-0.05, 0) is 23.9 Å². The molecule has 0 spiro atoms. The van der Waals surface area contributed by atoms with E-state index in [0.717, 1.165) is 17.3 Å². The lowest BCUT2D eigenvalue weighted by atomic mass is 10.2. The zero-order valence-electron chi connectivity index (χ0n) is 11.2. The highest BCUT2D eigenvalue weighted by Crippen LogP contribution is 2.17. The Morgan fingerprint density at radius 3 is 2.95 bits per heavy atom. The molecule has 20 heavy (non-hydrogen) atoms. The van der Waals surface area contributed by atoms with E-state index in [9.17, 15) is 4.79 Å². The largest absolute Gasteiger partial charge is 0.340 e. The standard InChI is InChI=1S/C15H15N3OS/c1-18(9-8-11-5-4-10-20-11)15(19)14-12-6-2-3-7-13(12)16-17-14/h2-7,10H,8-9H2,1H3,(H,16,17). The Bertz CT molecular complexity index is 718. The molecule has 5 heteroatoms. The van der Waals surface area contributed by atoms with Crippen molar-refractivity contribution in [2.24, 2.45) is 0 Å². The number of para-hydroxylation sites is 1. The van der Waals surface area contributed by atoms with Gasteiger partial charge in [0.2, 0.25) is 0 Å². The maximum absolute atomic E-state index is 12.4. The third-order valence-electron chi connectivity index (χ3n) is 3.29. The van der Waals surface area contributed by atoms with Crippen LogP contribution in [0.25, 0.3) is 10.9 Å². The summed E-state index contributed by atoms with van der Waals surface area (Å²) in [7, 11) is 1.82. The summed E-state index contributed by atoms with van der Waals surface area (Å²) in [5.41, 5.74) is 1.39. The van der Waals surface area contributed by atoms with Crippen LogP contribution in [0.4, 0.5) is 0 Å². The summed E-state index contributed by atoms with van der Waals surface area (Å²) in [4.78, 5) is 15.4. The second-order valence-electron chi connectivity index (χ2n) is 4.67. The number of rotatable bonds is 4. The number of nitrogens with one attached hydrogen (secondary N) is 1. The second kappa shape index (κ2) is 5.46.